The van der Waals surface area contributed by atoms with Gasteiger partial charge in [-0.1, -0.05) is 121 Å². The van der Waals surface area contributed by atoms with Crippen molar-refractivity contribution in [2.75, 3.05) is 28.4 Å². The highest BCUT2D eigenvalue weighted by Gasteiger charge is 2.30. The summed E-state index contributed by atoms with van der Waals surface area (Å²) in [7, 11) is 6.79. The molecule has 0 atom stereocenters. The number of methoxy groups -OCH3 is 4. The number of rotatable bonds is 14. The standard InChI is InChI=1S/C58H46O6/c1-59-44-24-15-39(16-25-44)51-50-34-48(63-35-37-11-7-5-8-12-37)33-43-23-32-49-53(40-17-26-45(60-2)27-18-40)58(64-36-38-13-9-6-10-14-38)55(42-21-30-47(62-4)31-22-42)57(56(49)52(43)50)54(51)41-19-28-46(61-3)29-20-41/h5-34H,35-36H2,1-4H3. The Labute approximate surface area is 373 Å². The third-order valence-electron chi connectivity index (χ3n) is 12.1. The van der Waals surface area contributed by atoms with Crippen molar-refractivity contribution in [1.82, 2.24) is 0 Å². The maximum absolute atomic E-state index is 7.30. The molecule has 314 valence electrons. The smallest absolute Gasteiger partial charge is 0.136 e. The molecule has 0 radical (unpaired) electrons. The molecule has 10 aromatic carbocycles. The lowest BCUT2D eigenvalue weighted by Crippen LogP contribution is -2.04. The molecule has 64 heavy (non-hydrogen) atoms. The molecule has 0 N–H and O–H groups in total. The fourth-order valence-electron chi connectivity index (χ4n) is 8.98. The summed E-state index contributed by atoms with van der Waals surface area (Å²) < 4.78 is 36.8. The van der Waals surface area contributed by atoms with Gasteiger partial charge in [-0.2, -0.15) is 0 Å². The van der Waals surface area contributed by atoms with Gasteiger partial charge in [0.15, 0.2) is 0 Å². The summed E-state index contributed by atoms with van der Waals surface area (Å²) in [6.07, 6.45) is 0. The van der Waals surface area contributed by atoms with Gasteiger partial charge < -0.3 is 28.4 Å². The zero-order valence-electron chi connectivity index (χ0n) is 36.2. The molecule has 0 spiro atoms. The Morgan fingerprint density at radius 3 is 1.23 bits per heavy atom. The largest absolute Gasteiger partial charge is 0.497 e. The second-order valence-corrected chi connectivity index (χ2v) is 15.7. The molecule has 0 amide bonds. The monoisotopic (exact) mass is 838 g/mol. The Bertz CT molecular complexity index is 3200. The zero-order chi connectivity index (χ0) is 43.6. The van der Waals surface area contributed by atoms with Crippen LogP contribution in [0.15, 0.2) is 182 Å². The summed E-state index contributed by atoms with van der Waals surface area (Å²) >= 11 is 0. The minimum Gasteiger partial charge on any atom is -0.497 e. The van der Waals surface area contributed by atoms with Crippen molar-refractivity contribution in [2.24, 2.45) is 0 Å². The number of hydrogen-bond donors (Lipinski definition) is 0. The van der Waals surface area contributed by atoms with E-state index in [1.54, 1.807) is 28.4 Å². The molecule has 10 rings (SSSR count). The molecule has 0 bridgehead atoms. The molecule has 0 saturated heterocycles. The van der Waals surface area contributed by atoms with E-state index in [9.17, 15) is 0 Å². The lowest BCUT2D eigenvalue weighted by molar-refractivity contribution is 0.307. The van der Waals surface area contributed by atoms with Gasteiger partial charge in [0, 0.05) is 16.5 Å². The van der Waals surface area contributed by atoms with Crippen LogP contribution in [0.25, 0.3) is 76.8 Å². The predicted octanol–water partition coefficient (Wildman–Crippen LogP) is 14.4. The SMILES string of the molecule is COc1ccc(-c2c(-c3ccc(OC)cc3)c3c(-c4ccc(OC)cc4)c(OCc4ccccc4)c(-c4ccc(OC)cc4)c4ccc5cc(OCc6ccccc6)cc2c5c43)cc1. The van der Waals surface area contributed by atoms with E-state index in [-0.39, 0.29) is 0 Å². The fraction of sp³-hybridized carbons (Fsp3) is 0.103. The lowest BCUT2D eigenvalue weighted by Gasteiger charge is -2.28. The molecule has 0 heterocycles. The first-order valence-corrected chi connectivity index (χ1v) is 21.3. The van der Waals surface area contributed by atoms with Crippen molar-refractivity contribution in [1.29, 1.82) is 0 Å². The second-order valence-electron chi connectivity index (χ2n) is 15.7. The summed E-state index contributed by atoms with van der Waals surface area (Å²) in [5.41, 5.74) is 10.3. The van der Waals surface area contributed by atoms with E-state index in [1.165, 1.54) is 0 Å². The van der Waals surface area contributed by atoms with Crippen LogP contribution in [-0.4, -0.2) is 28.4 Å². The van der Waals surface area contributed by atoms with Crippen molar-refractivity contribution < 1.29 is 28.4 Å². The van der Waals surface area contributed by atoms with Gasteiger partial charge in [-0.25, -0.2) is 0 Å². The van der Waals surface area contributed by atoms with E-state index in [2.05, 4.69) is 109 Å². The first-order valence-electron chi connectivity index (χ1n) is 21.3. The molecule has 0 saturated carbocycles. The Kier molecular flexibility index (Phi) is 10.9. The summed E-state index contributed by atoms with van der Waals surface area (Å²) in [5.74, 6) is 4.64. The first-order chi connectivity index (χ1) is 31.5. The maximum atomic E-state index is 7.30. The van der Waals surface area contributed by atoms with Crippen molar-refractivity contribution in [2.45, 2.75) is 13.2 Å². The Hall–Kier alpha value is -7.96. The second kappa shape index (κ2) is 17.4. The highest BCUT2D eigenvalue weighted by molar-refractivity contribution is 6.36. The highest BCUT2D eigenvalue weighted by Crippen LogP contribution is 2.57. The van der Waals surface area contributed by atoms with Crippen molar-refractivity contribution in [3.05, 3.63) is 193 Å². The quantitative estimate of drug-likeness (QED) is 0.102. The molecule has 0 fully saturated rings. The summed E-state index contributed by atoms with van der Waals surface area (Å²) in [6, 6.07) is 62.9. The first kappa shape index (κ1) is 40.1. The maximum Gasteiger partial charge on any atom is 0.136 e. The summed E-state index contributed by atoms with van der Waals surface area (Å²) in [4.78, 5) is 0. The highest BCUT2D eigenvalue weighted by atomic mass is 16.5. The van der Waals surface area contributed by atoms with Crippen LogP contribution >= 0.6 is 0 Å². The van der Waals surface area contributed by atoms with Gasteiger partial charge in [0.25, 0.3) is 0 Å². The van der Waals surface area contributed by atoms with Gasteiger partial charge in [-0.3, -0.25) is 0 Å². The number of hydrogen-bond acceptors (Lipinski definition) is 6. The molecule has 0 unspecified atom stereocenters. The van der Waals surface area contributed by atoms with Crippen molar-refractivity contribution >= 4 is 32.3 Å². The molecular formula is C58H46O6. The van der Waals surface area contributed by atoms with Crippen LogP contribution < -0.4 is 28.4 Å². The van der Waals surface area contributed by atoms with Crippen LogP contribution in [0.5, 0.6) is 34.5 Å². The topological polar surface area (TPSA) is 55.4 Å². The van der Waals surface area contributed by atoms with Gasteiger partial charge in [0.1, 0.15) is 47.7 Å². The van der Waals surface area contributed by atoms with Crippen LogP contribution in [0.1, 0.15) is 11.1 Å². The van der Waals surface area contributed by atoms with Crippen molar-refractivity contribution in [3.8, 4) is 79.0 Å². The van der Waals surface area contributed by atoms with Gasteiger partial charge in [0.05, 0.1) is 28.4 Å². The van der Waals surface area contributed by atoms with E-state index in [4.69, 9.17) is 28.4 Å². The van der Waals surface area contributed by atoms with Crippen LogP contribution in [0.4, 0.5) is 0 Å². The average molecular weight is 839 g/mol. The van der Waals surface area contributed by atoms with Crippen LogP contribution in [-0.2, 0) is 13.2 Å². The third-order valence-corrected chi connectivity index (χ3v) is 12.1. The molecule has 10 aromatic rings. The van der Waals surface area contributed by atoms with Crippen LogP contribution in [0, 0.1) is 0 Å². The van der Waals surface area contributed by atoms with E-state index in [1.807, 2.05) is 72.8 Å². The van der Waals surface area contributed by atoms with Crippen molar-refractivity contribution in [3.63, 3.8) is 0 Å². The molecule has 6 heteroatoms. The predicted molar refractivity (Wildman–Crippen MR) is 260 cm³/mol. The van der Waals surface area contributed by atoms with E-state index in [0.29, 0.717) is 13.2 Å². The minimum atomic E-state index is 0.353. The van der Waals surface area contributed by atoms with Crippen LogP contribution in [0.3, 0.4) is 0 Å². The van der Waals surface area contributed by atoms with Gasteiger partial charge in [-0.05, 0) is 132 Å². The zero-order valence-corrected chi connectivity index (χ0v) is 36.2. The third kappa shape index (κ3) is 7.43. The molecule has 0 aliphatic carbocycles. The summed E-state index contributed by atoms with van der Waals surface area (Å²) in [5, 5.41) is 6.50. The molecular weight excluding hydrogens is 793 g/mol. The Morgan fingerprint density at radius 1 is 0.312 bits per heavy atom. The van der Waals surface area contributed by atoms with E-state index < -0.39 is 0 Å². The number of benzene rings is 10. The molecule has 0 aliphatic rings. The van der Waals surface area contributed by atoms with Gasteiger partial charge in [-0.15, -0.1) is 0 Å². The lowest BCUT2D eigenvalue weighted by atomic mass is 9.77. The Balaban J connectivity index is 1.41. The van der Waals surface area contributed by atoms with E-state index in [0.717, 1.165) is 122 Å². The number of ether oxygens (including phenoxy) is 6. The van der Waals surface area contributed by atoms with Crippen LogP contribution in [0.2, 0.25) is 0 Å². The molecule has 0 aromatic heterocycles. The fourth-order valence-corrected chi connectivity index (χ4v) is 8.98. The summed E-state index contributed by atoms with van der Waals surface area (Å²) in [6.45, 7) is 0.787. The normalized spacial score (nSPS) is 11.2. The molecule has 6 nitrogen and oxygen atoms in total. The van der Waals surface area contributed by atoms with Gasteiger partial charge in [0.2, 0.25) is 0 Å². The average Bonchev–Trinajstić information content (AvgIpc) is 3.36. The van der Waals surface area contributed by atoms with Gasteiger partial charge >= 0.3 is 0 Å². The Morgan fingerprint density at radius 2 is 0.750 bits per heavy atom. The minimum absolute atomic E-state index is 0.353. The van der Waals surface area contributed by atoms with E-state index >= 15 is 0 Å². The molecule has 0 aliphatic heterocycles.